The van der Waals surface area contributed by atoms with Crippen LogP contribution in [0.15, 0.2) is 0 Å². The molecule has 0 aromatic heterocycles. The lowest BCUT2D eigenvalue weighted by atomic mass is 10.3. The molecule has 0 spiro atoms. The van der Waals surface area contributed by atoms with Crippen LogP contribution in [0.25, 0.3) is 0 Å². The van der Waals surface area contributed by atoms with Crippen LogP contribution in [-0.2, 0) is 4.74 Å². The Hall–Kier alpha value is -0.0800. The summed E-state index contributed by atoms with van der Waals surface area (Å²) in [6, 6.07) is 0. The predicted molar refractivity (Wildman–Crippen MR) is 58.1 cm³/mol. The Labute approximate surface area is 83.3 Å². The first-order valence-electron chi connectivity index (χ1n) is 5.65. The van der Waals surface area contributed by atoms with Gasteiger partial charge in [0, 0.05) is 13.1 Å². The highest BCUT2D eigenvalue weighted by molar-refractivity contribution is 4.57. The van der Waals surface area contributed by atoms with Gasteiger partial charge in [0.2, 0.25) is 0 Å². The van der Waals surface area contributed by atoms with Crippen LogP contribution >= 0.6 is 0 Å². The van der Waals surface area contributed by atoms with Crippen LogP contribution in [0.1, 0.15) is 40.0 Å². The van der Waals surface area contributed by atoms with Crippen molar-refractivity contribution in [3.05, 3.63) is 0 Å². The third kappa shape index (κ3) is 8.26. The number of likely N-dealkylation sites (N-methyl/N-ethyl adjacent to an activating group) is 1. The molecule has 0 N–H and O–H groups in total. The quantitative estimate of drug-likeness (QED) is 0.673. The molecule has 2 heteroatoms. The Balaban J connectivity index is 0.000000252. The van der Waals surface area contributed by atoms with Gasteiger partial charge in [-0.25, -0.2) is 0 Å². The van der Waals surface area contributed by atoms with Gasteiger partial charge >= 0.3 is 0 Å². The third-order valence-electron chi connectivity index (χ3n) is 2.26. The molecule has 0 aliphatic carbocycles. The van der Waals surface area contributed by atoms with E-state index in [0.29, 0.717) is 0 Å². The van der Waals surface area contributed by atoms with E-state index in [-0.39, 0.29) is 0 Å². The minimum Gasteiger partial charge on any atom is -0.379 e. The number of nitrogens with zero attached hydrogens (tertiary/aromatic N) is 1. The molecular formula is C11H25NO. The van der Waals surface area contributed by atoms with Crippen molar-refractivity contribution in [3.63, 3.8) is 0 Å². The topological polar surface area (TPSA) is 12.5 Å². The summed E-state index contributed by atoms with van der Waals surface area (Å²) in [4.78, 5) is 2.39. The minimum absolute atomic E-state index is 0.924. The smallest absolute Gasteiger partial charge is 0.0594 e. The molecule has 80 valence electrons. The van der Waals surface area contributed by atoms with Gasteiger partial charge < -0.3 is 4.74 Å². The Morgan fingerprint density at radius 2 is 1.54 bits per heavy atom. The number of unbranched alkanes of at least 4 members (excludes halogenated alkanes) is 2. The van der Waals surface area contributed by atoms with E-state index in [2.05, 4.69) is 25.7 Å². The maximum Gasteiger partial charge on any atom is 0.0594 e. The number of hydrogen-bond donors (Lipinski definition) is 0. The summed E-state index contributed by atoms with van der Waals surface area (Å²) in [5.41, 5.74) is 0. The largest absolute Gasteiger partial charge is 0.379 e. The van der Waals surface area contributed by atoms with Crippen LogP contribution in [-0.4, -0.2) is 37.7 Å². The van der Waals surface area contributed by atoms with Gasteiger partial charge in [-0.2, -0.15) is 0 Å². The molecule has 0 saturated carbocycles. The van der Waals surface area contributed by atoms with Gasteiger partial charge in [-0.05, 0) is 6.54 Å². The first-order valence-corrected chi connectivity index (χ1v) is 5.65. The van der Waals surface area contributed by atoms with E-state index in [0.717, 1.165) is 26.3 Å². The van der Waals surface area contributed by atoms with Crippen molar-refractivity contribution in [2.24, 2.45) is 0 Å². The zero-order valence-electron chi connectivity index (χ0n) is 9.51. The normalized spacial score (nSPS) is 17.8. The van der Waals surface area contributed by atoms with Crippen LogP contribution in [0.3, 0.4) is 0 Å². The number of ether oxygens (including phenoxy) is 1. The van der Waals surface area contributed by atoms with Crippen molar-refractivity contribution in [3.8, 4) is 0 Å². The van der Waals surface area contributed by atoms with Crippen LogP contribution < -0.4 is 0 Å². The van der Waals surface area contributed by atoms with E-state index >= 15 is 0 Å². The molecule has 1 rings (SSSR count). The predicted octanol–water partition coefficient (Wildman–Crippen LogP) is 2.54. The molecule has 2 nitrogen and oxygen atoms in total. The van der Waals surface area contributed by atoms with Crippen LogP contribution in [0, 0.1) is 0 Å². The molecule has 1 aliphatic heterocycles. The van der Waals surface area contributed by atoms with Crippen LogP contribution in [0.5, 0.6) is 0 Å². The average molecular weight is 187 g/mol. The van der Waals surface area contributed by atoms with Gasteiger partial charge in [0.1, 0.15) is 0 Å². The lowest BCUT2D eigenvalue weighted by molar-refractivity contribution is 0.0405. The maximum absolute atomic E-state index is 5.16. The van der Waals surface area contributed by atoms with E-state index in [1.165, 1.54) is 25.8 Å². The Morgan fingerprint density at radius 3 is 1.77 bits per heavy atom. The van der Waals surface area contributed by atoms with Crippen molar-refractivity contribution in [2.45, 2.75) is 40.0 Å². The summed E-state index contributed by atoms with van der Waals surface area (Å²) in [6.07, 6.45) is 4.08. The second-order valence-corrected chi connectivity index (χ2v) is 3.40. The van der Waals surface area contributed by atoms with Gasteiger partial charge in [0.05, 0.1) is 13.2 Å². The number of morpholine rings is 1. The highest BCUT2D eigenvalue weighted by atomic mass is 16.5. The third-order valence-corrected chi connectivity index (χ3v) is 2.26. The SMILES string of the molecule is CCCCC.CCN1CCOCC1. The van der Waals surface area contributed by atoms with E-state index < -0.39 is 0 Å². The lowest BCUT2D eigenvalue weighted by Crippen LogP contribution is -2.35. The van der Waals surface area contributed by atoms with Gasteiger partial charge in [-0.3, -0.25) is 4.90 Å². The second-order valence-electron chi connectivity index (χ2n) is 3.40. The lowest BCUT2D eigenvalue weighted by Gasteiger charge is -2.24. The molecule has 0 unspecified atom stereocenters. The molecule has 0 bridgehead atoms. The molecule has 0 aromatic rings. The molecule has 0 atom stereocenters. The van der Waals surface area contributed by atoms with Gasteiger partial charge in [0.25, 0.3) is 0 Å². The van der Waals surface area contributed by atoms with Crippen molar-refractivity contribution in [2.75, 3.05) is 32.8 Å². The van der Waals surface area contributed by atoms with E-state index in [9.17, 15) is 0 Å². The van der Waals surface area contributed by atoms with Crippen molar-refractivity contribution >= 4 is 0 Å². The molecular weight excluding hydrogens is 162 g/mol. The fourth-order valence-electron chi connectivity index (χ4n) is 1.27. The first-order chi connectivity index (χ1) is 6.35. The Kier molecular flexibility index (Phi) is 9.94. The standard InChI is InChI=1S/C6H13NO.C5H12/c1-2-7-3-5-8-6-4-7;1-3-5-4-2/h2-6H2,1H3;3-5H2,1-2H3. The number of hydrogen-bond acceptors (Lipinski definition) is 2. The zero-order chi connectivity index (χ0) is 9.94. The van der Waals surface area contributed by atoms with Gasteiger partial charge in [-0.15, -0.1) is 0 Å². The average Bonchev–Trinajstić information content (AvgIpc) is 2.21. The summed E-state index contributed by atoms with van der Waals surface area (Å²) in [7, 11) is 0. The summed E-state index contributed by atoms with van der Waals surface area (Å²) in [6.45, 7) is 11.9. The van der Waals surface area contributed by atoms with Crippen LogP contribution in [0.2, 0.25) is 0 Å². The monoisotopic (exact) mass is 187 g/mol. The number of rotatable bonds is 3. The van der Waals surface area contributed by atoms with E-state index in [4.69, 9.17) is 4.74 Å². The summed E-state index contributed by atoms with van der Waals surface area (Å²) in [5.74, 6) is 0. The summed E-state index contributed by atoms with van der Waals surface area (Å²) < 4.78 is 5.16. The van der Waals surface area contributed by atoms with Crippen LogP contribution in [0.4, 0.5) is 0 Å². The molecule has 1 fully saturated rings. The summed E-state index contributed by atoms with van der Waals surface area (Å²) in [5, 5.41) is 0. The fraction of sp³-hybridized carbons (Fsp3) is 1.00. The molecule has 13 heavy (non-hydrogen) atoms. The Morgan fingerprint density at radius 1 is 1.00 bits per heavy atom. The maximum atomic E-state index is 5.16. The van der Waals surface area contributed by atoms with Gasteiger partial charge in [0.15, 0.2) is 0 Å². The molecule has 1 heterocycles. The first kappa shape index (κ1) is 12.9. The van der Waals surface area contributed by atoms with Crippen molar-refractivity contribution in [1.82, 2.24) is 4.90 Å². The van der Waals surface area contributed by atoms with Crippen molar-refractivity contribution in [1.29, 1.82) is 0 Å². The summed E-state index contributed by atoms with van der Waals surface area (Å²) >= 11 is 0. The van der Waals surface area contributed by atoms with Gasteiger partial charge in [-0.1, -0.05) is 40.0 Å². The fourth-order valence-corrected chi connectivity index (χ4v) is 1.27. The second kappa shape index (κ2) is 10.0. The van der Waals surface area contributed by atoms with E-state index in [1.807, 2.05) is 0 Å². The minimum atomic E-state index is 0.924. The molecule has 0 aromatic carbocycles. The molecule has 0 radical (unpaired) electrons. The molecule has 0 amide bonds. The van der Waals surface area contributed by atoms with E-state index in [1.54, 1.807) is 0 Å². The molecule has 1 aliphatic rings. The zero-order valence-corrected chi connectivity index (χ0v) is 9.51. The molecule has 1 saturated heterocycles. The highest BCUT2D eigenvalue weighted by Gasteiger charge is 2.05. The highest BCUT2D eigenvalue weighted by Crippen LogP contribution is 1.93. The Bertz CT molecular complexity index is 88.1. The van der Waals surface area contributed by atoms with Crippen molar-refractivity contribution < 1.29 is 4.74 Å².